The number of benzene rings is 2. The number of para-hydroxylation sites is 4. The van der Waals surface area contributed by atoms with E-state index in [4.69, 9.17) is 4.74 Å². The lowest BCUT2D eigenvalue weighted by molar-refractivity contribution is -0.122. The fraction of sp³-hybridized carbons (Fsp3) is 0.300. The molecule has 0 saturated carbocycles. The van der Waals surface area contributed by atoms with Crippen LogP contribution < -0.4 is 20.3 Å². The maximum atomic E-state index is 12.6. The summed E-state index contributed by atoms with van der Waals surface area (Å²) in [7, 11) is 0. The lowest BCUT2D eigenvalue weighted by Crippen LogP contribution is -2.38. The minimum Gasteiger partial charge on any atom is -0.490 e. The maximum absolute atomic E-state index is 12.6. The van der Waals surface area contributed by atoms with Crippen molar-refractivity contribution in [3.05, 3.63) is 48.5 Å². The van der Waals surface area contributed by atoms with Crippen LogP contribution in [0.2, 0.25) is 0 Å². The maximum Gasteiger partial charge on any atom is 0.405 e. The number of carbonyl (C=O) groups excluding carboxylic acids is 2. The Morgan fingerprint density at radius 1 is 1.00 bits per heavy atom. The summed E-state index contributed by atoms with van der Waals surface area (Å²) in [5.74, 6) is -0.0678. The number of nitrogens with zero attached hydrogens (tertiary/aromatic N) is 1. The van der Waals surface area contributed by atoms with E-state index in [1.165, 1.54) is 12.1 Å². The van der Waals surface area contributed by atoms with E-state index in [9.17, 15) is 22.8 Å². The number of carbonyl (C=O) groups is 2. The second-order valence-electron chi connectivity index (χ2n) is 6.42. The molecule has 6 nitrogen and oxygen atoms in total. The molecule has 3 rings (SSSR count). The van der Waals surface area contributed by atoms with Crippen LogP contribution in [0.1, 0.15) is 12.8 Å². The monoisotopic (exact) mass is 407 g/mol. The first-order chi connectivity index (χ1) is 13.8. The van der Waals surface area contributed by atoms with Gasteiger partial charge in [0.25, 0.3) is 0 Å². The number of fused-ring (bicyclic) bond motifs is 1. The van der Waals surface area contributed by atoms with Crippen molar-refractivity contribution in [2.45, 2.75) is 19.0 Å². The number of hydrogen-bond donors (Lipinski definition) is 2. The Balaban J connectivity index is 1.57. The van der Waals surface area contributed by atoms with Crippen LogP contribution in [0.4, 0.5) is 30.2 Å². The van der Waals surface area contributed by atoms with Crippen molar-refractivity contribution in [2.24, 2.45) is 0 Å². The average Bonchev–Trinajstić information content (AvgIpc) is 2.70. The van der Waals surface area contributed by atoms with Gasteiger partial charge >= 0.3 is 6.18 Å². The van der Waals surface area contributed by atoms with Gasteiger partial charge in [0.2, 0.25) is 11.8 Å². The lowest BCUT2D eigenvalue weighted by Gasteiger charge is -2.29. The largest absolute Gasteiger partial charge is 0.490 e. The molecule has 2 aromatic rings. The third kappa shape index (κ3) is 5.63. The van der Waals surface area contributed by atoms with Crippen LogP contribution in [0.15, 0.2) is 48.5 Å². The summed E-state index contributed by atoms with van der Waals surface area (Å²) in [6.07, 6.45) is -4.50. The number of amides is 2. The zero-order valence-corrected chi connectivity index (χ0v) is 15.5. The van der Waals surface area contributed by atoms with E-state index in [1.54, 1.807) is 35.2 Å². The molecule has 2 N–H and O–H groups in total. The topological polar surface area (TPSA) is 70.7 Å². The minimum atomic E-state index is -4.38. The quantitative estimate of drug-likeness (QED) is 0.764. The highest BCUT2D eigenvalue weighted by Crippen LogP contribution is 2.31. The van der Waals surface area contributed by atoms with Gasteiger partial charge < -0.3 is 20.3 Å². The molecule has 0 unspecified atom stereocenters. The molecule has 0 bridgehead atoms. The molecule has 9 heteroatoms. The van der Waals surface area contributed by atoms with E-state index in [0.29, 0.717) is 24.6 Å². The van der Waals surface area contributed by atoms with Gasteiger partial charge in [-0.2, -0.15) is 13.2 Å². The van der Waals surface area contributed by atoms with E-state index < -0.39 is 18.6 Å². The molecule has 0 fully saturated rings. The molecule has 0 aromatic heterocycles. The Morgan fingerprint density at radius 3 is 2.45 bits per heavy atom. The van der Waals surface area contributed by atoms with Crippen molar-refractivity contribution >= 4 is 28.9 Å². The first-order valence-corrected chi connectivity index (χ1v) is 9.05. The first-order valence-electron chi connectivity index (χ1n) is 9.05. The minimum absolute atomic E-state index is 0.0295. The highest BCUT2D eigenvalue weighted by molar-refractivity contribution is 6.00. The van der Waals surface area contributed by atoms with E-state index in [0.717, 1.165) is 0 Å². The molecule has 1 aliphatic rings. The van der Waals surface area contributed by atoms with Crippen LogP contribution in [0.25, 0.3) is 0 Å². The normalized spacial score (nSPS) is 13.3. The van der Waals surface area contributed by atoms with Gasteiger partial charge in [0.1, 0.15) is 18.9 Å². The van der Waals surface area contributed by atoms with Crippen LogP contribution in [-0.4, -0.2) is 37.7 Å². The second-order valence-corrected chi connectivity index (χ2v) is 6.42. The van der Waals surface area contributed by atoms with E-state index in [1.807, 2.05) is 6.07 Å². The van der Waals surface area contributed by atoms with Gasteiger partial charge in [0.05, 0.1) is 23.6 Å². The molecule has 0 spiro atoms. The summed E-state index contributed by atoms with van der Waals surface area (Å²) in [6.45, 7) is -0.455. The van der Waals surface area contributed by atoms with Crippen molar-refractivity contribution in [2.75, 3.05) is 35.2 Å². The number of halogens is 3. The summed E-state index contributed by atoms with van der Waals surface area (Å²) < 4.78 is 42.8. The highest BCUT2D eigenvalue weighted by Gasteiger charge is 2.27. The molecule has 154 valence electrons. The molecule has 1 heterocycles. The Kier molecular flexibility index (Phi) is 6.26. The SMILES string of the molecule is O=C(CCC(=O)N1CCOc2ccccc21)Nc1ccccc1NCC(F)(F)F. The van der Waals surface area contributed by atoms with Crippen LogP contribution >= 0.6 is 0 Å². The van der Waals surface area contributed by atoms with Crippen LogP contribution in [0.3, 0.4) is 0 Å². The third-order valence-corrected chi connectivity index (χ3v) is 4.28. The zero-order valence-electron chi connectivity index (χ0n) is 15.5. The summed E-state index contributed by atoms with van der Waals surface area (Å²) in [5, 5.41) is 4.82. The summed E-state index contributed by atoms with van der Waals surface area (Å²) >= 11 is 0. The van der Waals surface area contributed by atoms with Gasteiger partial charge in [-0.25, -0.2) is 0 Å². The Hall–Kier alpha value is -3.23. The van der Waals surface area contributed by atoms with Crippen LogP contribution in [0, 0.1) is 0 Å². The lowest BCUT2D eigenvalue weighted by atomic mass is 10.2. The van der Waals surface area contributed by atoms with E-state index in [-0.39, 0.29) is 30.1 Å². The van der Waals surface area contributed by atoms with Gasteiger partial charge in [-0.05, 0) is 24.3 Å². The average molecular weight is 407 g/mol. The van der Waals surface area contributed by atoms with Gasteiger partial charge in [-0.1, -0.05) is 24.3 Å². The van der Waals surface area contributed by atoms with Gasteiger partial charge in [0.15, 0.2) is 0 Å². The number of rotatable bonds is 6. The fourth-order valence-electron chi connectivity index (χ4n) is 2.94. The Labute approximate surface area is 165 Å². The standard InChI is InChI=1S/C20H20F3N3O3/c21-20(22,23)13-24-14-5-1-2-6-15(14)25-18(27)9-10-19(28)26-11-12-29-17-8-4-3-7-16(17)26/h1-8,24H,9-13H2,(H,25,27). The molecular weight excluding hydrogens is 387 g/mol. The van der Waals surface area contributed by atoms with Gasteiger partial charge in [-0.3, -0.25) is 9.59 Å². The van der Waals surface area contributed by atoms with Crippen molar-refractivity contribution in [1.29, 1.82) is 0 Å². The van der Waals surface area contributed by atoms with Crippen molar-refractivity contribution in [3.63, 3.8) is 0 Å². The number of ether oxygens (including phenoxy) is 1. The number of hydrogen-bond acceptors (Lipinski definition) is 4. The number of nitrogens with one attached hydrogen (secondary N) is 2. The second kappa shape index (κ2) is 8.85. The molecular formula is C20H20F3N3O3. The molecule has 29 heavy (non-hydrogen) atoms. The Bertz CT molecular complexity index is 887. The molecule has 0 radical (unpaired) electrons. The summed E-state index contributed by atoms with van der Waals surface area (Å²) in [4.78, 5) is 26.4. The Morgan fingerprint density at radius 2 is 1.69 bits per heavy atom. The number of anilines is 3. The predicted molar refractivity (Wildman–Crippen MR) is 103 cm³/mol. The summed E-state index contributed by atoms with van der Waals surface area (Å²) in [5.41, 5.74) is 1.04. The smallest absolute Gasteiger partial charge is 0.405 e. The van der Waals surface area contributed by atoms with E-state index in [2.05, 4.69) is 10.6 Å². The zero-order chi connectivity index (χ0) is 20.9. The van der Waals surface area contributed by atoms with Gasteiger partial charge in [-0.15, -0.1) is 0 Å². The molecule has 0 saturated heterocycles. The molecule has 1 aliphatic heterocycles. The van der Waals surface area contributed by atoms with Crippen molar-refractivity contribution < 1.29 is 27.5 Å². The number of alkyl halides is 3. The van der Waals surface area contributed by atoms with E-state index >= 15 is 0 Å². The molecule has 0 aliphatic carbocycles. The molecule has 2 aromatic carbocycles. The van der Waals surface area contributed by atoms with Gasteiger partial charge in [0, 0.05) is 12.8 Å². The fourth-order valence-corrected chi connectivity index (χ4v) is 2.94. The molecule has 2 amide bonds. The predicted octanol–water partition coefficient (Wildman–Crippen LogP) is 3.81. The van der Waals surface area contributed by atoms with Crippen LogP contribution in [0.5, 0.6) is 5.75 Å². The summed E-state index contributed by atoms with van der Waals surface area (Å²) in [6, 6.07) is 13.3. The first kappa shape index (κ1) is 20.5. The van der Waals surface area contributed by atoms with Crippen molar-refractivity contribution in [3.8, 4) is 5.75 Å². The third-order valence-electron chi connectivity index (χ3n) is 4.28. The van der Waals surface area contributed by atoms with Crippen molar-refractivity contribution in [1.82, 2.24) is 0 Å². The highest BCUT2D eigenvalue weighted by atomic mass is 19.4. The molecule has 0 atom stereocenters. The van der Waals surface area contributed by atoms with Crippen LogP contribution in [-0.2, 0) is 9.59 Å².